The summed E-state index contributed by atoms with van der Waals surface area (Å²) in [7, 11) is 0. The summed E-state index contributed by atoms with van der Waals surface area (Å²) in [6.07, 6.45) is 2.48. The summed E-state index contributed by atoms with van der Waals surface area (Å²) in [5.41, 5.74) is 0.794. The van der Waals surface area contributed by atoms with Gasteiger partial charge in [-0.3, -0.25) is 4.79 Å². The number of carbonyl (C=O) groups is 1. The number of thioether (sulfide) groups is 1. The minimum atomic E-state index is -0.0408. The molecule has 0 aliphatic rings. The zero-order valence-electron chi connectivity index (χ0n) is 11.4. The van der Waals surface area contributed by atoms with Crippen molar-refractivity contribution in [2.24, 2.45) is 0 Å². The van der Waals surface area contributed by atoms with Gasteiger partial charge in [-0.1, -0.05) is 18.7 Å². The summed E-state index contributed by atoms with van der Waals surface area (Å²) in [6, 6.07) is 1.78. The maximum Gasteiger partial charge on any atom is 0.230 e. The van der Waals surface area contributed by atoms with Gasteiger partial charge < -0.3 is 15.6 Å². The third kappa shape index (κ3) is 3.13. The minimum absolute atomic E-state index is 0.0408. The van der Waals surface area contributed by atoms with Crippen molar-refractivity contribution in [3.8, 4) is 11.4 Å². The predicted molar refractivity (Wildman–Crippen MR) is 76.6 cm³/mol. The van der Waals surface area contributed by atoms with Gasteiger partial charge in [-0.15, -0.1) is 10.2 Å². The van der Waals surface area contributed by atoms with Gasteiger partial charge in [0.1, 0.15) is 5.76 Å². The first-order valence-corrected chi connectivity index (χ1v) is 7.26. The van der Waals surface area contributed by atoms with Gasteiger partial charge in [0.2, 0.25) is 11.1 Å². The van der Waals surface area contributed by atoms with Crippen molar-refractivity contribution in [1.29, 1.82) is 0 Å². The highest BCUT2D eigenvalue weighted by molar-refractivity contribution is 7.99. The van der Waals surface area contributed by atoms with Gasteiger partial charge >= 0.3 is 0 Å². The van der Waals surface area contributed by atoms with Crippen molar-refractivity contribution in [2.75, 3.05) is 18.1 Å². The number of nitrogens with one attached hydrogen (secondary N) is 1. The van der Waals surface area contributed by atoms with Crippen LogP contribution in [0.25, 0.3) is 11.4 Å². The minimum Gasteiger partial charge on any atom is -0.469 e. The van der Waals surface area contributed by atoms with Crippen LogP contribution in [0.2, 0.25) is 0 Å². The van der Waals surface area contributed by atoms with E-state index in [1.165, 1.54) is 16.4 Å². The number of carbonyl (C=O) groups excluding carboxylic acids is 1. The molecule has 7 nitrogen and oxygen atoms in total. The molecule has 2 heterocycles. The summed E-state index contributed by atoms with van der Waals surface area (Å²) < 4.78 is 6.59. The van der Waals surface area contributed by atoms with E-state index in [0.717, 1.165) is 17.7 Å². The zero-order valence-corrected chi connectivity index (χ0v) is 12.2. The Bertz CT molecular complexity index is 592. The molecule has 2 rings (SSSR count). The van der Waals surface area contributed by atoms with Crippen LogP contribution in [-0.4, -0.2) is 33.1 Å². The van der Waals surface area contributed by atoms with Gasteiger partial charge in [-0.2, -0.15) is 0 Å². The highest BCUT2D eigenvalue weighted by atomic mass is 32.2. The number of rotatable bonds is 6. The molecule has 0 fully saturated rings. The third-order valence-electron chi connectivity index (χ3n) is 2.67. The standard InChI is InChI=1S/C12H17N5O2S/c1-3-5-14-10(18)7-20-12-16-15-11(17(12)13)9-4-6-19-8(9)2/h4,6H,3,5,7,13H2,1-2H3,(H,14,18). The molecule has 3 N–H and O–H groups in total. The highest BCUT2D eigenvalue weighted by Gasteiger charge is 2.16. The average molecular weight is 295 g/mol. The molecule has 1 amide bonds. The molecule has 0 aromatic carbocycles. The van der Waals surface area contributed by atoms with Crippen LogP contribution in [-0.2, 0) is 4.79 Å². The number of hydrogen-bond acceptors (Lipinski definition) is 6. The van der Waals surface area contributed by atoms with E-state index >= 15 is 0 Å². The van der Waals surface area contributed by atoms with Crippen LogP contribution < -0.4 is 11.2 Å². The number of furan rings is 1. The zero-order chi connectivity index (χ0) is 14.5. The summed E-state index contributed by atoms with van der Waals surface area (Å²) >= 11 is 1.25. The summed E-state index contributed by atoms with van der Waals surface area (Å²) in [5.74, 6) is 7.41. The van der Waals surface area contributed by atoms with Crippen molar-refractivity contribution < 1.29 is 9.21 Å². The fraction of sp³-hybridized carbons (Fsp3) is 0.417. The number of amides is 1. The molecule has 8 heteroatoms. The maximum atomic E-state index is 11.5. The molecule has 0 aliphatic heterocycles. The number of nitrogens with two attached hydrogens (primary N) is 1. The highest BCUT2D eigenvalue weighted by Crippen LogP contribution is 2.24. The molecule has 0 atom stereocenters. The van der Waals surface area contributed by atoms with E-state index in [1.807, 2.05) is 13.8 Å². The lowest BCUT2D eigenvalue weighted by atomic mass is 10.2. The third-order valence-corrected chi connectivity index (χ3v) is 3.61. The van der Waals surface area contributed by atoms with Crippen molar-refractivity contribution in [3.63, 3.8) is 0 Å². The summed E-state index contributed by atoms with van der Waals surface area (Å²) in [6.45, 7) is 4.51. The second-order valence-electron chi connectivity index (χ2n) is 4.21. The Labute approximate surface area is 120 Å². The molecule has 0 bridgehead atoms. The lowest BCUT2D eigenvalue weighted by Crippen LogP contribution is -2.26. The molecule has 0 aliphatic carbocycles. The Morgan fingerprint density at radius 3 is 3.00 bits per heavy atom. The van der Waals surface area contributed by atoms with Crippen LogP contribution in [0.15, 0.2) is 21.9 Å². The van der Waals surface area contributed by atoms with Crippen LogP contribution in [0.3, 0.4) is 0 Å². The number of aryl methyl sites for hydroxylation is 1. The van der Waals surface area contributed by atoms with Crippen LogP contribution in [0.4, 0.5) is 0 Å². The lowest BCUT2D eigenvalue weighted by molar-refractivity contribution is -0.118. The maximum absolute atomic E-state index is 11.5. The molecule has 20 heavy (non-hydrogen) atoms. The Kier molecular flexibility index (Phi) is 4.67. The van der Waals surface area contributed by atoms with E-state index in [2.05, 4.69) is 15.5 Å². The molecule has 2 aromatic rings. The smallest absolute Gasteiger partial charge is 0.230 e. The average Bonchev–Trinajstić information content (AvgIpc) is 3.00. The van der Waals surface area contributed by atoms with Crippen molar-refractivity contribution in [1.82, 2.24) is 20.2 Å². The number of hydrogen-bond donors (Lipinski definition) is 2. The fourth-order valence-corrected chi connectivity index (χ4v) is 2.31. The number of aromatic nitrogens is 3. The molecule has 0 unspecified atom stereocenters. The quantitative estimate of drug-likeness (QED) is 0.613. The van der Waals surface area contributed by atoms with Crippen molar-refractivity contribution >= 4 is 17.7 Å². The Morgan fingerprint density at radius 1 is 1.55 bits per heavy atom. The number of nitrogen functional groups attached to an aromatic ring is 1. The van der Waals surface area contributed by atoms with Crippen LogP contribution in [0.5, 0.6) is 0 Å². The van der Waals surface area contributed by atoms with Gasteiger partial charge in [0.25, 0.3) is 0 Å². The second-order valence-corrected chi connectivity index (χ2v) is 5.15. The first-order chi connectivity index (χ1) is 9.63. The Hall–Kier alpha value is -1.96. The molecule has 0 radical (unpaired) electrons. The van der Waals surface area contributed by atoms with E-state index in [0.29, 0.717) is 17.5 Å². The molecular formula is C12H17N5O2S. The van der Waals surface area contributed by atoms with E-state index in [9.17, 15) is 4.79 Å². The molecule has 108 valence electrons. The number of nitrogens with zero attached hydrogens (tertiary/aromatic N) is 3. The van der Waals surface area contributed by atoms with Gasteiger partial charge in [0.05, 0.1) is 17.6 Å². The van der Waals surface area contributed by atoms with Crippen LogP contribution in [0, 0.1) is 6.92 Å². The first kappa shape index (κ1) is 14.4. The molecule has 0 saturated heterocycles. The Balaban J connectivity index is 2.03. The molecule has 2 aromatic heterocycles. The molecule has 0 saturated carbocycles. The normalized spacial score (nSPS) is 10.7. The summed E-state index contributed by atoms with van der Waals surface area (Å²) in [5, 5.41) is 11.3. The van der Waals surface area contributed by atoms with Crippen LogP contribution in [0.1, 0.15) is 19.1 Å². The largest absolute Gasteiger partial charge is 0.469 e. The topological polar surface area (TPSA) is 99.0 Å². The lowest BCUT2D eigenvalue weighted by Gasteiger charge is -2.04. The van der Waals surface area contributed by atoms with Gasteiger partial charge in [-0.05, 0) is 19.4 Å². The second kappa shape index (κ2) is 6.47. The van der Waals surface area contributed by atoms with E-state index in [4.69, 9.17) is 10.3 Å². The van der Waals surface area contributed by atoms with E-state index < -0.39 is 0 Å². The monoisotopic (exact) mass is 295 g/mol. The van der Waals surface area contributed by atoms with Crippen molar-refractivity contribution in [3.05, 3.63) is 18.1 Å². The van der Waals surface area contributed by atoms with Gasteiger partial charge in [0.15, 0.2) is 5.82 Å². The Morgan fingerprint density at radius 2 is 2.35 bits per heavy atom. The summed E-state index contributed by atoms with van der Waals surface area (Å²) in [4.78, 5) is 11.5. The van der Waals surface area contributed by atoms with Gasteiger partial charge in [0, 0.05) is 6.54 Å². The van der Waals surface area contributed by atoms with E-state index in [1.54, 1.807) is 12.3 Å². The van der Waals surface area contributed by atoms with Gasteiger partial charge in [-0.25, -0.2) is 4.68 Å². The SMILES string of the molecule is CCCNC(=O)CSc1nnc(-c2ccoc2C)n1N. The van der Waals surface area contributed by atoms with Crippen molar-refractivity contribution in [2.45, 2.75) is 25.4 Å². The fourth-order valence-electron chi connectivity index (χ4n) is 1.62. The predicted octanol–water partition coefficient (Wildman–Crippen LogP) is 1.18. The molecular weight excluding hydrogens is 278 g/mol. The van der Waals surface area contributed by atoms with E-state index in [-0.39, 0.29) is 11.7 Å². The molecule has 0 spiro atoms. The van der Waals surface area contributed by atoms with Crippen LogP contribution >= 0.6 is 11.8 Å². The first-order valence-electron chi connectivity index (χ1n) is 6.28.